The van der Waals surface area contributed by atoms with E-state index in [4.69, 9.17) is 5.11 Å². The first-order chi connectivity index (χ1) is 6.16. The monoisotopic (exact) mass is 183 g/mol. The van der Waals surface area contributed by atoms with Gasteiger partial charge in [-0.3, -0.25) is 9.59 Å². The molecular weight excluding hydrogens is 170 g/mol. The second-order valence-corrected chi connectivity index (χ2v) is 3.99. The van der Waals surface area contributed by atoms with E-state index in [9.17, 15) is 9.59 Å². The summed E-state index contributed by atoms with van der Waals surface area (Å²) in [7, 11) is 0. The van der Waals surface area contributed by atoms with Gasteiger partial charge in [0.2, 0.25) is 5.91 Å². The van der Waals surface area contributed by atoms with Crippen LogP contribution in [0.3, 0.4) is 0 Å². The van der Waals surface area contributed by atoms with E-state index >= 15 is 0 Å². The molecule has 72 valence electrons. The number of aliphatic carboxylic acids is 1. The summed E-state index contributed by atoms with van der Waals surface area (Å²) in [6.07, 6.45) is 2.74. The Kier molecular flexibility index (Phi) is 1.98. The first-order valence-corrected chi connectivity index (χ1v) is 4.68. The molecule has 2 rings (SSSR count). The second-order valence-electron chi connectivity index (χ2n) is 3.99. The minimum absolute atomic E-state index is 0.0880. The molecule has 0 aromatic carbocycles. The molecule has 13 heavy (non-hydrogen) atoms. The first kappa shape index (κ1) is 8.53. The summed E-state index contributed by atoms with van der Waals surface area (Å²) in [6.45, 7) is 0. The lowest BCUT2D eigenvalue weighted by atomic mass is 9.97. The lowest BCUT2D eigenvalue weighted by molar-refractivity contribution is -0.138. The predicted molar refractivity (Wildman–Crippen MR) is 45.0 cm³/mol. The van der Waals surface area contributed by atoms with Crippen molar-refractivity contribution in [3.05, 3.63) is 0 Å². The Labute approximate surface area is 76.3 Å². The molecule has 4 nitrogen and oxygen atoms in total. The minimum Gasteiger partial charge on any atom is -0.481 e. The van der Waals surface area contributed by atoms with Gasteiger partial charge in [-0.05, 0) is 24.7 Å². The van der Waals surface area contributed by atoms with Crippen LogP contribution in [-0.4, -0.2) is 23.0 Å². The predicted octanol–water partition coefficient (Wildman–Crippen LogP) is 0.376. The normalized spacial score (nSPS) is 37.2. The largest absolute Gasteiger partial charge is 0.481 e. The van der Waals surface area contributed by atoms with E-state index in [2.05, 4.69) is 5.32 Å². The summed E-state index contributed by atoms with van der Waals surface area (Å²) >= 11 is 0. The van der Waals surface area contributed by atoms with Crippen LogP contribution in [0.1, 0.15) is 25.7 Å². The van der Waals surface area contributed by atoms with Crippen molar-refractivity contribution in [2.24, 2.45) is 11.8 Å². The fourth-order valence-electron chi connectivity index (χ4n) is 2.57. The molecule has 1 saturated heterocycles. The van der Waals surface area contributed by atoms with Crippen molar-refractivity contribution < 1.29 is 14.7 Å². The number of carbonyl (C=O) groups excluding carboxylic acids is 1. The third kappa shape index (κ3) is 1.53. The molecule has 0 radical (unpaired) electrons. The topological polar surface area (TPSA) is 66.4 Å². The van der Waals surface area contributed by atoms with Gasteiger partial charge >= 0.3 is 5.97 Å². The maximum Gasteiger partial charge on any atom is 0.303 e. The summed E-state index contributed by atoms with van der Waals surface area (Å²) in [5, 5.41) is 11.5. The Morgan fingerprint density at radius 2 is 2.31 bits per heavy atom. The van der Waals surface area contributed by atoms with Crippen molar-refractivity contribution in [1.29, 1.82) is 0 Å². The molecule has 1 heterocycles. The molecule has 0 bridgehead atoms. The highest BCUT2D eigenvalue weighted by Crippen LogP contribution is 2.38. The van der Waals surface area contributed by atoms with Crippen molar-refractivity contribution in [3.63, 3.8) is 0 Å². The third-order valence-corrected chi connectivity index (χ3v) is 3.14. The van der Waals surface area contributed by atoms with Crippen LogP contribution in [-0.2, 0) is 9.59 Å². The van der Waals surface area contributed by atoms with Crippen molar-refractivity contribution in [2.45, 2.75) is 31.7 Å². The summed E-state index contributed by atoms with van der Waals surface area (Å²) < 4.78 is 0. The third-order valence-electron chi connectivity index (χ3n) is 3.14. The molecular formula is C9H13NO3. The Morgan fingerprint density at radius 1 is 1.54 bits per heavy atom. The Balaban J connectivity index is 2.00. The zero-order chi connectivity index (χ0) is 9.42. The Morgan fingerprint density at radius 3 is 3.00 bits per heavy atom. The van der Waals surface area contributed by atoms with Crippen LogP contribution in [0.5, 0.6) is 0 Å². The number of hydrogen-bond acceptors (Lipinski definition) is 2. The van der Waals surface area contributed by atoms with Gasteiger partial charge < -0.3 is 10.4 Å². The number of amides is 1. The summed E-state index contributed by atoms with van der Waals surface area (Å²) in [6, 6.07) is 0.142. The second kappa shape index (κ2) is 3.01. The lowest BCUT2D eigenvalue weighted by Gasteiger charge is -2.16. The number of hydrogen-bond donors (Lipinski definition) is 2. The number of nitrogens with one attached hydrogen (secondary N) is 1. The van der Waals surface area contributed by atoms with Crippen molar-refractivity contribution in [3.8, 4) is 0 Å². The maximum absolute atomic E-state index is 11.0. The smallest absolute Gasteiger partial charge is 0.303 e. The number of fused-ring (bicyclic) bond motifs is 1. The van der Waals surface area contributed by atoms with E-state index in [-0.39, 0.29) is 24.3 Å². The van der Waals surface area contributed by atoms with Crippen LogP contribution in [0.2, 0.25) is 0 Å². The zero-order valence-electron chi connectivity index (χ0n) is 7.32. The van der Waals surface area contributed by atoms with E-state index in [1.165, 1.54) is 0 Å². The van der Waals surface area contributed by atoms with E-state index in [0.29, 0.717) is 12.3 Å². The number of carboxylic acid groups (broad SMARTS) is 1. The molecule has 4 heteroatoms. The van der Waals surface area contributed by atoms with Crippen LogP contribution < -0.4 is 5.32 Å². The molecule has 2 fully saturated rings. The molecule has 0 aromatic rings. The number of carbonyl (C=O) groups is 2. The molecule has 1 aliphatic heterocycles. The van der Waals surface area contributed by atoms with Gasteiger partial charge in [-0.15, -0.1) is 0 Å². The lowest BCUT2D eigenvalue weighted by Crippen LogP contribution is -2.33. The summed E-state index contributed by atoms with van der Waals surface area (Å²) in [5.41, 5.74) is 0. The highest BCUT2D eigenvalue weighted by molar-refractivity contribution is 5.79. The summed E-state index contributed by atoms with van der Waals surface area (Å²) in [4.78, 5) is 21.5. The molecule has 2 N–H and O–H groups in total. The first-order valence-electron chi connectivity index (χ1n) is 4.68. The quantitative estimate of drug-likeness (QED) is 0.650. The van der Waals surface area contributed by atoms with Gasteiger partial charge in [-0.2, -0.15) is 0 Å². The number of rotatable bonds is 2. The molecule has 1 aliphatic carbocycles. The van der Waals surface area contributed by atoms with E-state index in [0.717, 1.165) is 12.8 Å². The molecule has 1 saturated carbocycles. The van der Waals surface area contributed by atoms with Gasteiger partial charge in [-0.1, -0.05) is 0 Å². The number of carboxylic acids is 1. The highest BCUT2D eigenvalue weighted by Gasteiger charge is 2.42. The van der Waals surface area contributed by atoms with Crippen LogP contribution >= 0.6 is 0 Å². The average Bonchev–Trinajstić information content (AvgIpc) is 2.51. The highest BCUT2D eigenvalue weighted by atomic mass is 16.4. The van der Waals surface area contributed by atoms with Crippen molar-refractivity contribution >= 4 is 11.9 Å². The fraction of sp³-hybridized carbons (Fsp3) is 0.778. The SMILES string of the molecule is O=C(O)CC1CCC2CC(=O)NC12. The standard InChI is InChI=1S/C9H13NO3/c11-7-3-5-1-2-6(4-8(12)13)9(5)10-7/h5-6,9H,1-4H2,(H,10,11)(H,12,13). The molecule has 3 unspecified atom stereocenters. The fourth-order valence-corrected chi connectivity index (χ4v) is 2.57. The van der Waals surface area contributed by atoms with Gasteiger partial charge in [0.15, 0.2) is 0 Å². The van der Waals surface area contributed by atoms with Gasteiger partial charge in [-0.25, -0.2) is 0 Å². The molecule has 1 amide bonds. The van der Waals surface area contributed by atoms with E-state index < -0.39 is 5.97 Å². The van der Waals surface area contributed by atoms with Gasteiger partial charge in [0.05, 0.1) is 6.42 Å². The van der Waals surface area contributed by atoms with Crippen molar-refractivity contribution in [2.75, 3.05) is 0 Å². The van der Waals surface area contributed by atoms with Crippen LogP contribution in [0, 0.1) is 11.8 Å². The molecule has 0 spiro atoms. The Bertz CT molecular complexity index is 251. The summed E-state index contributed by atoms with van der Waals surface area (Å²) in [5.74, 6) is -0.109. The van der Waals surface area contributed by atoms with Crippen molar-refractivity contribution in [1.82, 2.24) is 5.32 Å². The van der Waals surface area contributed by atoms with Crippen LogP contribution in [0.4, 0.5) is 0 Å². The van der Waals surface area contributed by atoms with E-state index in [1.54, 1.807) is 0 Å². The molecule has 2 aliphatic rings. The van der Waals surface area contributed by atoms with Gasteiger partial charge in [0, 0.05) is 12.5 Å². The average molecular weight is 183 g/mol. The van der Waals surface area contributed by atoms with Gasteiger partial charge in [0.25, 0.3) is 0 Å². The molecule has 3 atom stereocenters. The molecule has 0 aromatic heterocycles. The Hall–Kier alpha value is -1.06. The zero-order valence-corrected chi connectivity index (χ0v) is 7.32. The van der Waals surface area contributed by atoms with Crippen LogP contribution in [0.15, 0.2) is 0 Å². The maximum atomic E-state index is 11.0. The van der Waals surface area contributed by atoms with Gasteiger partial charge in [0.1, 0.15) is 0 Å². The van der Waals surface area contributed by atoms with Crippen LogP contribution in [0.25, 0.3) is 0 Å². The minimum atomic E-state index is -0.758. The van der Waals surface area contributed by atoms with E-state index in [1.807, 2.05) is 0 Å².